The van der Waals surface area contributed by atoms with Crippen LogP contribution in [0, 0.1) is 0 Å². The first-order valence-electron chi connectivity index (χ1n) is 5.44. The van der Waals surface area contributed by atoms with Gasteiger partial charge in [0, 0.05) is 22.3 Å². The minimum absolute atomic E-state index is 0.0591. The van der Waals surface area contributed by atoms with E-state index in [-0.39, 0.29) is 5.56 Å². The standard InChI is InChI=1S/C14H11NOS/c16-14-8-13-12(6-7-17-13)10-15(14)9-11-4-2-1-3-5-11/h1-8,10H,9H2. The van der Waals surface area contributed by atoms with Gasteiger partial charge in [-0.1, -0.05) is 30.3 Å². The molecule has 0 aliphatic carbocycles. The average molecular weight is 241 g/mol. The monoisotopic (exact) mass is 241 g/mol. The number of rotatable bonds is 2. The van der Waals surface area contributed by atoms with Crippen molar-refractivity contribution in [3.8, 4) is 0 Å². The highest BCUT2D eigenvalue weighted by atomic mass is 32.1. The third-order valence-corrected chi connectivity index (χ3v) is 3.64. The first kappa shape index (κ1) is 10.3. The Morgan fingerprint density at radius 2 is 1.94 bits per heavy atom. The molecule has 0 saturated carbocycles. The molecule has 17 heavy (non-hydrogen) atoms. The molecule has 2 aromatic heterocycles. The van der Waals surface area contributed by atoms with Crippen LogP contribution in [0.25, 0.3) is 10.1 Å². The number of nitrogens with zero attached hydrogens (tertiary/aromatic N) is 1. The first-order valence-corrected chi connectivity index (χ1v) is 6.32. The highest BCUT2D eigenvalue weighted by Gasteiger charge is 2.01. The lowest BCUT2D eigenvalue weighted by Gasteiger charge is -2.05. The van der Waals surface area contributed by atoms with Gasteiger partial charge in [0.25, 0.3) is 5.56 Å². The van der Waals surface area contributed by atoms with Crippen LogP contribution in [0.1, 0.15) is 5.56 Å². The Kier molecular flexibility index (Phi) is 2.53. The lowest BCUT2D eigenvalue weighted by Crippen LogP contribution is -2.18. The number of fused-ring (bicyclic) bond motifs is 1. The van der Waals surface area contributed by atoms with E-state index >= 15 is 0 Å². The molecule has 84 valence electrons. The second-order valence-corrected chi connectivity index (χ2v) is 4.91. The molecule has 2 nitrogen and oxygen atoms in total. The molecular weight excluding hydrogens is 230 g/mol. The van der Waals surface area contributed by atoms with Gasteiger partial charge in [-0.15, -0.1) is 11.3 Å². The fraction of sp³-hybridized carbons (Fsp3) is 0.0714. The molecule has 0 unspecified atom stereocenters. The number of thiophene rings is 1. The summed E-state index contributed by atoms with van der Waals surface area (Å²) in [6.45, 7) is 0.630. The lowest BCUT2D eigenvalue weighted by molar-refractivity contribution is 0.767. The molecule has 0 aliphatic rings. The predicted octanol–water partition coefficient (Wildman–Crippen LogP) is 3.11. The van der Waals surface area contributed by atoms with E-state index in [2.05, 4.69) is 0 Å². The van der Waals surface area contributed by atoms with Crippen molar-refractivity contribution in [3.63, 3.8) is 0 Å². The predicted molar refractivity (Wildman–Crippen MR) is 71.6 cm³/mol. The number of benzene rings is 1. The second kappa shape index (κ2) is 4.18. The van der Waals surface area contributed by atoms with Gasteiger partial charge in [-0.2, -0.15) is 0 Å². The Hall–Kier alpha value is -1.87. The highest BCUT2D eigenvalue weighted by molar-refractivity contribution is 7.17. The van der Waals surface area contributed by atoms with Crippen molar-refractivity contribution in [2.45, 2.75) is 6.54 Å². The molecule has 0 fully saturated rings. The van der Waals surface area contributed by atoms with Gasteiger partial charge in [0.05, 0.1) is 6.54 Å². The molecule has 0 saturated heterocycles. The molecule has 0 amide bonds. The maximum Gasteiger partial charge on any atom is 0.252 e. The average Bonchev–Trinajstić information content (AvgIpc) is 2.78. The van der Waals surface area contributed by atoms with Gasteiger partial charge < -0.3 is 4.57 Å². The third-order valence-electron chi connectivity index (χ3n) is 2.76. The van der Waals surface area contributed by atoms with Crippen molar-refractivity contribution in [1.82, 2.24) is 4.57 Å². The second-order valence-electron chi connectivity index (χ2n) is 3.97. The molecule has 0 radical (unpaired) electrons. The van der Waals surface area contributed by atoms with Gasteiger partial charge in [0.15, 0.2) is 0 Å². The van der Waals surface area contributed by atoms with E-state index in [1.807, 2.05) is 48.0 Å². The zero-order valence-electron chi connectivity index (χ0n) is 9.17. The SMILES string of the molecule is O=c1cc2sccc2cn1Cc1ccccc1. The van der Waals surface area contributed by atoms with Crippen molar-refractivity contribution >= 4 is 21.4 Å². The molecule has 2 heterocycles. The molecule has 3 heteroatoms. The van der Waals surface area contributed by atoms with Crippen LogP contribution in [0.4, 0.5) is 0 Å². The van der Waals surface area contributed by atoms with Crippen molar-refractivity contribution in [1.29, 1.82) is 0 Å². The molecule has 3 aromatic rings. The summed E-state index contributed by atoms with van der Waals surface area (Å²) in [7, 11) is 0. The van der Waals surface area contributed by atoms with Crippen molar-refractivity contribution in [3.05, 3.63) is 70.0 Å². The van der Waals surface area contributed by atoms with Crippen LogP contribution in [-0.2, 0) is 6.54 Å². The Morgan fingerprint density at radius 1 is 1.12 bits per heavy atom. The van der Waals surface area contributed by atoms with Crippen LogP contribution in [0.2, 0.25) is 0 Å². The quantitative estimate of drug-likeness (QED) is 0.675. The minimum atomic E-state index is 0.0591. The maximum absolute atomic E-state index is 11.9. The molecule has 0 aliphatic heterocycles. The van der Waals surface area contributed by atoms with Crippen LogP contribution >= 0.6 is 11.3 Å². The number of hydrogen-bond donors (Lipinski definition) is 0. The van der Waals surface area contributed by atoms with Gasteiger partial charge in [-0.25, -0.2) is 0 Å². The van der Waals surface area contributed by atoms with Crippen LogP contribution in [0.5, 0.6) is 0 Å². The third kappa shape index (κ3) is 2.01. The number of hydrogen-bond acceptors (Lipinski definition) is 2. The normalized spacial score (nSPS) is 10.8. The summed E-state index contributed by atoms with van der Waals surface area (Å²) < 4.78 is 2.81. The Labute approximate surface area is 103 Å². The smallest absolute Gasteiger partial charge is 0.252 e. The maximum atomic E-state index is 11.9. The van der Waals surface area contributed by atoms with Gasteiger partial charge in [0.2, 0.25) is 0 Å². The van der Waals surface area contributed by atoms with Gasteiger partial charge in [0.1, 0.15) is 0 Å². The van der Waals surface area contributed by atoms with Crippen LogP contribution in [0.15, 0.2) is 58.8 Å². The van der Waals surface area contributed by atoms with E-state index in [1.165, 1.54) is 0 Å². The van der Waals surface area contributed by atoms with E-state index in [0.29, 0.717) is 6.54 Å². The van der Waals surface area contributed by atoms with Crippen LogP contribution in [0.3, 0.4) is 0 Å². The highest BCUT2D eigenvalue weighted by Crippen LogP contribution is 2.18. The fourth-order valence-corrected chi connectivity index (χ4v) is 2.67. The molecule has 1 aromatic carbocycles. The summed E-state index contributed by atoms with van der Waals surface area (Å²) in [5, 5.41) is 3.14. The molecule has 0 N–H and O–H groups in total. The largest absolute Gasteiger partial charge is 0.310 e. The van der Waals surface area contributed by atoms with Crippen molar-refractivity contribution < 1.29 is 0 Å². The summed E-state index contributed by atoms with van der Waals surface area (Å²) >= 11 is 1.60. The van der Waals surface area contributed by atoms with Crippen LogP contribution in [-0.4, -0.2) is 4.57 Å². The Morgan fingerprint density at radius 3 is 2.76 bits per heavy atom. The molecule has 0 atom stereocenters. The molecular formula is C14H11NOS. The molecule has 3 rings (SSSR count). The number of aromatic nitrogens is 1. The van der Waals surface area contributed by atoms with Gasteiger partial charge >= 0.3 is 0 Å². The summed E-state index contributed by atoms with van der Waals surface area (Å²) in [4.78, 5) is 11.9. The zero-order valence-corrected chi connectivity index (χ0v) is 9.98. The minimum Gasteiger partial charge on any atom is -0.310 e. The first-order chi connectivity index (χ1) is 8.33. The topological polar surface area (TPSA) is 22.0 Å². The summed E-state index contributed by atoms with van der Waals surface area (Å²) in [5.41, 5.74) is 1.20. The fourth-order valence-electron chi connectivity index (χ4n) is 1.89. The Bertz CT molecular complexity index is 697. The molecule has 0 bridgehead atoms. The van der Waals surface area contributed by atoms with Crippen molar-refractivity contribution in [2.75, 3.05) is 0 Å². The van der Waals surface area contributed by atoms with E-state index in [0.717, 1.165) is 15.6 Å². The zero-order chi connectivity index (χ0) is 11.7. The van der Waals surface area contributed by atoms with E-state index < -0.39 is 0 Å². The molecule has 0 spiro atoms. The van der Waals surface area contributed by atoms with Gasteiger partial charge in [-0.05, 0) is 17.0 Å². The Balaban J connectivity index is 2.05. The van der Waals surface area contributed by atoms with Gasteiger partial charge in [-0.3, -0.25) is 4.79 Å². The van der Waals surface area contributed by atoms with E-state index in [9.17, 15) is 4.79 Å². The lowest BCUT2D eigenvalue weighted by atomic mass is 10.2. The van der Waals surface area contributed by atoms with Crippen LogP contribution < -0.4 is 5.56 Å². The summed E-state index contributed by atoms with van der Waals surface area (Å²) in [5.74, 6) is 0. The van der Waals surface area contributed by atoms with Crippen molar-refractivity contribution in [2.24, 2.45) is 0 Å². The summed E-state index contributed by atoms with van der Waals surface area (Å²) in [6, 6.07) is 13.8. The van der Waals surface area contributed by atoms with E-state index in [1.54, 1.807) is 22.0 Å². The number of pyridine rings is 1. The summed E-state index contributed by atoms with van der Waals surface area (Å²) in [6.07, 6.45) is 1.93. The van der Waals surface area contributed by atoms with E-state index in [4.69, 9.17) is 0 Å².